The zero-order valence-electron chi connectivity index (χ0n) is 24.3. The maximum absolute atomic E-state index is 11.3. The van der Waals surface area contributed by atoms with Crippen LogP contribution in [0.25, 0.3) is 0 Å². The Labute approximate surface area is 232 Å². The number of hydrogen-bond acceptors (Lipinski definition) is 7. The molecule has 38 heavy (non-hydrogen) atoms. The number of ether oxygens (including phenoxy) is 1. The van der Waals surface area contributed by atoms with Crippen molar-refractivity contribution in [1.29, 1.82) is 0 Å². The van der Waals surface area contributed by atoms with E-state index < -0.39 is 18.2 Å². The Morgan fingerprint density at radius 1 is 0.579 bits per heavy atom. The highest BCUT2D eigenvalue weighted by atomic mass is 16.5. The van der Waals surface area contributed by atoms with Crippen LogP contribution in [0.3, 0.4) is 0 Å². The van der Waals surface area contributed by atoms with E-state index in [4.69, 9.17) is 30.3 Å². The van der Waals surface area contributed by atoms with Crippen LogP contribution in [0.1, 0.15) is 148 Å². The largest absolute Gasteiger partial charge is 0.481 e. The summed E-state index contributed by atoms with van der Waals surface area (Å²) < 4.78 is 4.82. The number of rotatable bonds is 27. The van der Waals surface area contributed by atoms with Gasteiger partial charge in [-0.1, -0.05) is 116 Å². The van der Waals surface area contributed by atoms with Crippen LogP contribution < -0.4 is 0 Å². The van der Waals surface area contributed by atoms with Gasteiger partial charge in [0.25, 0.3) is 0 Å². The Balaban J connectivity index is 0. The number of aliphatic hydroxyl groups is 4. The normalized spacial score (nSPS) is 12.4. The minimum absolute atomic E-state index is 0.104. The van der Waals surface area contributed by atoms with Crippen LogP contribution in [-0.4, -0.2) is 69.5 Å². The fraction of sp³-hybridized carbons (Fsp3) is 0.933. The van der Waals surface area contributed by atoms with Gasteiger partial charge < -0.3 is 30.3 Å². The maximum atomic E-state index is 11.3. The molecule has 0 spiro atoms. The predicted octanol–water partition coefficient (Wildman–Crippen LogP) is 5.91. The van der Waals surface area contributed by atoms with Crippen LogP contribution in [0.15, 0.2) is 0 Å². The zero-order chi connectivity index (χ0) is 28.7. The van der Waals surface area contributed by atoms with Gasteiger partial charge in [-0.25, -0.2) is 0 Å². The van der Waals surface area contributed by atoms with Crippen molar-refractivity contribution in [2.24, 2.45) is 0 Å². The third-order valence-corrected chi connectivity index (χ3v) is 6.52. The lowest BCUT2D eigenvalue weighted by atomic mass is 10.0. The number of carboxylic acid groups (broad SMARTS) is 1. The molecule has 0 aromatic carbocycles. The van der Waals surface area contributed by atoms with Crippen LogP contribution in [0.5, 0.6) is 0 Å². The molecule has 0 amide bonds. The molecule has 5 N–H and O–H groups in total. The van der Waals surface area contributed by atoms with E-state index in [9.17, 15) is 9.59 Å². The minimum Gasteiger partial charge on any atom is -0.481 e. The monoisotopic (exact) mass is 548 g/mol. The van der Waals surface area contributed by atoms with E-state index >= 15 is 0 Å². The number of carboxylic acids is 1. The van der Waals surface area contributed by atoms with Crippen molar-refractivity contribution >= 4 is 11.9 Å². The second kappa shape index (κ2) is 32.0. The standard InChI is InChI=1S/2C15H30O4/c1-2-3-4-5-6-7-8-9-10-11-15(18)19-13-14(17)12-16;16-13-14(17)11-9-7-5-3-1-2-4-6-8-10-12-15(18)19/h14,16-17H,2-13H2,1H3;14,16-17H,1-13H2,(H,18,19). The van der Waals surface area contributed by atoms with Crippen LogP contribution in [-0.2, 0) is 14.3 Å². The van der Waals surface area contributed by atoms with Gasteiger partial charge in [0.15, 0.2) is 0 Å². The smallest absolute Gasteiger partial charge is 0.305 e. The molecule has 0 aliphatic heterocycles. The summed E-state index contributed by atoms with van der Waals surface area (Å²) in [6, 6.07) is 0. The lowest BCUT2D eigenvalue weighted by Crippen LogP contribution is -2.21. The molecule has 0 heterocycles. The first-order valence-electron chi connectivity index (χ1n) is 15.3. The molecule has 8 nitrogen and oxygen atoms in total. The van der Waals surface area contributed by atoms with Gasteiger partial charge in [-0.05, 0) is 19.3 Å². The molecule has 0 bridgehead atoms. The van der Waals surface area contributed by atoms with Gasteiger partial charge in [-0.2, -0.15) is 0 Å². The Morgan fingerprint density at radius 2 is 0.974 bits per heavy atom. The number of aliphatic hydroxyl groups excluding tert-OH is 4. The molecular formula is C30H60O8. The Hall–Kier alpha value is -1.22. The molecule has 0 aromatic rings. The fourth-order valence-electron chi connectivity index (χ4n) is 4.06. The Bertz CT molecular complexity index is 501. The van der Waals surface area contributed by atoms with Crippen LogP contribution >= 0.6 is 0 Å². The highest BCUT2D eigenvalue weighted by Gasteiger charge is 2.07. The molecule has 2 atom stereocenters. The summed E-state index contributed by atoms with van der Waals surface area (Å²) in [5.41, 5.74) is 0. The second-order valence-electron chi connectivity index (χ2n) is 10.4. The Kier molecular flexibility index (Phi) is 32.8. The number of hydrogen-bond donors (Lipinski definition) is 5. The van der Waals surface area contributed by atoms with Crippen molar-refractivity contribution < 1.29 is 39.9 Å². The molecule has 0 saturated heterocycles. The van der Waals surface area contributed by atoms with Gasteiger partial charge in [-0.15, -0.1) is 0 Å². The molecule has 0 aliphatic carbocycles. The van der Waals surface area contributed by atoms with Crippen molar-refractivity contribution in [2.45, 2.75) is 160 Å². The molecule has 228 valence electrons. The van der Waals surface area contributed by atoms with Gasteiger partial charge >= 0.3 is 11.9 Å². The molecule has 0 fully saturated rings. The molecule has 8 heteroatoms. The number of aliphatic carboxylic acids is 1. The quantitative estimate of drug-likeness (QED) is 0.0629. The first-order chi connectivity index (χ1) is 18.4. The van der Waals surface area contributed by atoms with Crippen molar-refractivity contribution in [1.82, 2.24) is 0 Å². The van der Waals surface area contributed by atoms with Crippen molar-refractivity contribution in [3.05, 3.63) is 0 Å². The molecule has 0 saturated carbocycles. The number of carbonyl (C=O) groups is 2. The topological polar surface area (TPSA) is 145 Å². The first-order valence-corrected chi connectivity index (χ1v) is 15.3. The van der Waals surface area contributed by atoms with Crippen LogP contribution in [0.2, 0.25) is 0 Å². The minimum atomic E-state index is -0.952. The zero-order valence-corrected chi connectivity index (χ0v) is 24.3. The first kappa shape index (κ1) is 38.9. The molecule has 0 aromatic heterocycles. The molecule has 0 radical (unpaired) electrons. The van der Waals surface area contributed by atoms with E-state index in [2.05, 4.69) is 6.92 Å². The third-order valence-electron chi connectivity index (χ3n) is 6.52. The van der Waals surface area contributed by atoms with E-state index in [-0.39, 0.29) is 25.8 Å². The van der Waals surface area contributed by atoms with E-state index in [1.165, 1.54) is 77.0 Å². The summed E-state index contributed by atoms with van der Waals surface area (Å²) in [6.45, 7) is 1.62. The van der Waals surface area contributed by atoms with E-state index in [0.717, 1.165) is 44.9 Å². The van der Waals surface area contributed by atoms with Gasteiger partial charge in [0.1, 0.15) is 12.7 Å². The summed E-state index contributed by atoms with van der Waals surface area (Å²) in [7, 11) is 0. The van der Waals surface area contributed by atoms with Crippen LogP contribution in [0, 0.1) is 0 Å². The SMILES string of the molecule is CCCCCCCCCCCC(=O)OCC(O)CO.O=C(O)CCCCCCCCCCCCC(O)CO. The molecule has 2 unspecified atom stereocenters. The highest BCUT2D eigenvalue weighted by molar-refractivity contribution is 5.69. The number of unbranched alkanes of at least 4 members (excludes halogenated alkanes) is 17. The lowest BCUT2D eigenvalue weighted by Gasteiger charge is -2.08. The average molecular weight is 549 g/mol. The third kappa shape index (κ3) is 34.8. The van der Waals surface area contributed by atoms with Gasteiger partial charge in [-0.3, -0.25) is 9.59 Å². The maximum Gasteiger partial charge on any atom is 0.305 e. The van der Waals surface area contributed by atoms with E-state index in [1.807, 2.05) is 0 Å². The fourth-order valence-corrected chi connectivity index (χ4v) is 4.06. The van der Waals surface area contributed by atoms with Gasteiger partial charge in [0, 0.05) is 12.8 Å². The molecule has 0 rings (SSSR count). The van der Waals surface area contributed by atoms with E-state index in [1.54, 1.807) is 0 Å². The summed E-state index contributed by atoms with van der Waals surface area (Å²) in [6.07, 6.45) is 22.1. The van der Waals surface area contributed by atoms with E-state index in [0.29, 0.717) is 19.3 Å². The van der Waals surface area contributed by atoms with Gasteiger partial charge in [0.2, 0.25) is 0 Å². The molecule has 0 aliphatic rings. The summed E-state index contributed by atoms with van der Waals surface area (Å²) >= 11 is 0. The van der Waals surface area contributed by atoms with Crippen LogP contribution in [0.4, 0.5) is 0 Å². The summed E-state index contributed by atoms with van der Waals surface area (Å²) in [5, 5.41) is 43.8. The van der Waals surface area contributed by atoms with Gasteiger partial charge in [0.05, 0.1) is 19.3 Å². The second-order valence-corrected chi connectivity index (χ2v) is 10.4. The van der Waals surface area contributed by atoms with Crippen molar-refractivity contribution in [3.8, 4) is 0 Å². The lowest BCUT2D eigenvalue weighted by molar-refractivity contribution is -0.147. The summed E-state index contributed by atoms with van der Waals surface area (Å²) in [4.78, 5) is 21.5. The highest BCUT2D eigenvalue weighted by Crippen LogP contribution is 2.13. The molecular weight excluding hydrogens is 488 g/mol. The summed E-state index contributed by atoms with van der Waals surface area (Å²) in [5.74, 6) is -0.971. The van der Waals surface area contributed by atoms with Crippen molar-refractivity contribution in [3.63, 3.8) is 0 Å². The average Bonchev–Trinajstić information content (AvgIpc) is 2.91. The number of esters is 1. The predicted molar refractivity (Wildman–Crippen MR) is 152 cm³/mol. The Morgan fingerprint density at radius 3 is 1.39 bits per heavy atom. The number of carbonyl (C=O) groups excluding carboxylic acids is 1. The van der Waals surface area contributed by atoms with Crippen molar-refractivity contribution in [2.75, 3.05) is 19.8 Å².